The van der Waals surface area contributed by atoms with Crippen LogP contribution in [0.2, 0.25) is 0 Å². The Morgan fingerprint density at radius 1 is 1.50 bits per heavy atom. The molecular formula is C13H19NO2. The van der Waals surface area contributed by atoms with Gasteiger partial charge in [0.05, 0.1) is 12.7 Å². The van der Waals surface area contributed by atoms with Crippen molar-refractivity contribution >= 4 is 0 Å². The first-order valence-corrected chi connectivity index (χ1v) is 5.88. The summed E-state index contributed by atoms with van der Waals surface area (Å²) in [7, 11) is 0. The van der Waals surface area contributed by atoms with E-state index in [0.29, 0.717) is 5.92 Å². The van der Waals surface area contributed by atoms with Gasteiger partial charge < -0.3 is 15.2 Å². The van der Waals surface area contributed by atoms with Gasteiger partial charge in [0.15, 0.2) is 0 Å². The average molecular weight is 221 g/mol. The van der Waals surface area contributed by atoms with Crippen molar-refractivity contribution < 1.29 is 9.84 Å². The predicted molar refractivity (Wildman–Crippen MR) is 63.8 cm³/mol. The first kappa shape index (κ1) is 11.4. The van der Waals surface area contributed by atoms with E-state index in [2.05, 4.69) is 17.4 Å². The molecule has 3 nitrogen and oxygen atoms in total. The second kappa shape index (κ2) is 5.32. The van der Waals surface area contributed by atoms with E-state index in [-0.39, 0.29) is 6.10 Å². The Bertz CT molecular complexity index is 338. The summed E-state index contributed by atoms with van der Waals surface area (Å²) in [6.07, 6.45) is 0.578. The van der Waals surface area contributed by atoms with E-state index in [0.717, 1.165) is 31.9 Å². The van der Waals surface area contributed by atoms with Crippen molar-refractivity contribution in [3.8, 4) is 5.75 Å². The molecule has 2 N–H and O–H groups in total. The average Bonchev–Trinajstić information content (AvgIpc) is 2.68. The van der Waals surface area contributed by atoms with Crippen LogP contribution in [-0.2, 0) is 0 Å². The Kier molecular flexibility index (Phi) is 3.80. The fourth-order valence-electron chi connectivity index (χ4n) is 1.99. The Morgan fingerprint density at radius 2 is 2.31 bits per heavy atom. The van der Waals surface area contributed by atoms with Crippen LogP contribution in [0.3, 0.4) is 0 Å². The number of para-hydroxylation sites is 1. The van der Waals surface area contributed by atoms with Crippen LogP contribution >= 0.6 is 0 Å². The number of fused-ring (bicyclic) bond motifs is 1. The maximum atomic E-state index is 9.14. The molecule has 0 saturated heterocycles. The summed E-state index contributed by atoms with van der Waals surface area (Å²) in [5.41, 5.74) is 1.30. The standard InChI is InChI=1S/C13H19NO2/c1-10(15)6-7-14-8-11-9-16-13-5-3-2-4-12(11)13/h2-5,10-11,14-15H,6-9H2,1H3. The third-order valence-corrected chi connectivity index (χ3v) is 2.93. The molecule has 2 unspecified atom stereocenters. The van der Waals surface area contributed by atoms with Crippen molar-refractivity contribution in [1.29, 1.82) is 0 Å². The monoisotopic (exact) mass is 221 g/mol. The van der Waals surface area contributed by atoms with Crippen LogP contribution in [-0.4, -0.2) is 30.9 Å². The SMILES string of the molecule is CC(O)CCNCC1COc2ccccc21. The number of benzene rings is 1. The lowest BCUT2D eigenvalue weighted by Gasteiger charge is -2.11. The minimum atomic E-state index is -0.223. The molecule has 0 amide bonds. The normalized spacial score (nSPS) is 20.2. The number of aliphatic hydroxyl groups excluding tert-OH is 1. The third-order valence-electron chi connectivity index (χ3n) is 2.93. The number of rotatable bonds is 5. The second-order valence-electron chi connectivity index (χ2n) is 4.39. The van der Waals surface area contributed by atoms with Gasteiger partial charge in [0, 0.05) is 18.0 Å². The van der Waals surface area contributed by atoms with Crippen molar-refractivity contribution in [2.24, 2.45) is 0 Å². The molecule has 1 aliphatic rings. The van der Waals surface area contributed by atoms with E-state index >= 15 is 0 Å². The fourth-order valence-corrected chi connectivity index (χ4v) is 1.99. The van der Waals surface area contributed by atoms with E-state index in [9.17, 15) is 0 Å². The Labute approximate surface area is 96.4 Å². The molecule has 1 heterocycles. The molecule has 2 atom stereocenters. The van der Waals surface area contributed by atoms with E-state index in [4.69, 9.17) is 9.84 Å². The summed E-state index contributed by atoms with van der Waals surface area (Å²) in [4.78, 5) is 0. The summed E-state index contributed by atoms with van der Waals surface area (Å²) in [6.45, 7) is 4.36. The summed E-state index contributed by atoms with van der Waals surface area (Å²) >= 11 is 0. The number of hydrogen-bond acceptors (Lipinski definition) is 3. The van der Waals surface area contributed by atoms with Gasteiger partial charge in [0.25, 0.3) is 0 Å². The van der Waals surface area contributed by atoms with Crippen LogP contribution in [0.5, 0.6) is 5.75 Å². The van der Waals surface area contributed by atoms with E-state index < -0.39 is 0 Å². The van der Waals surface area contributed by atoms with Crippen molar-refractivity contribution in [3.63, 3.8) is 0 Å². The van der Waals surface area contributed by atoms with E-state index in [1.54, 1.807) is 0 Å². The topological polar surface area (TPSA) is 41.5 Å². The van der Waals surface area contributed by atoms with Crippen LogP contribution in [0.1, 0.15) is 24.8 Å². The second-order valence-corrected chi connectivity index (χ2v) is 4.39. The maximum Gasteiger partial charge on any atom is 0.122 e. The molecule has 0 fully saturated rings. The van der Waals surface area contributed by atoms with Crippen molar-refractivity contribution in [2.45, 2.75) is 25.4 Å². The zero-order chi connectivity index (χ0) is 11.4. The van der Waals surface area contributed by atoms with Gasteiger partial charge in [-0.3, -0.25) is 0 Å². The van der Waals surface area contributed by atoms with Gasteiger partial charge in [-0.2, -0.15) is 0 Å². The van der Waals surface area contributed by atoms with Gasteiger partial charge >= 0.3 is 0 Å². The fraction of sp³-hybridized carbons (Fsp3) is 0.538. The molecule has 0 saturated carbocycles. The molecule has 0 aromatic heterocycles. The Hall–Kier alpha value is -1.06. The molecular weight excluding hydrogens is 202 g/mol. The van der Waals surface area contributed by atoms with Crippen LogP contribution in [0.25, 0.3) is 0 Å². The quantitative estimate of drug-likeness (QED) is 0.741. The molecule has 1 aromatic carbocycles. The molecule has 88 valence electrons. The summed E-state index contributed by atoms with van der Waals surface area (Å²) in [5.74, 6) is 1.47. The number of aliphatic hydroxyl groups is 1. The molecule has 2 rings (SSSR count). The van der Waals surface area contributed by atoms with Gasteiger partial charge in [-0.15, -0.1) is 0 Å². The highest BCUT2D eigenvalue weighted by atomic mass is 16.5. The predicted octanol–water partition coefficient (Wildman–Crippen LogP) is 1.52. The highest BCUT2D eigenvalue weighted by molar-refractivity contribution is 5.39. The number of nitrogens with one attached hydrogen (secondary N) is 1. The van der Waals surface area contributed by atoms with Crippen molar-refractivity contribution in [2.75, 3.05) is 19.7 Å². The maximum absolute atomic E-state index is 9.14. The highest BCUT2D eigenvalue weighted by Gasteiger charge is 2.22. The van der Waals surface area contributed by atoms with Gasteiger partial charge in [-0.25, -0.2) is 0 Å². The molecule has 0 spiro atoms. The number of ether oxygens (including phenoxy) is 1. The van der Waals surface area contributed by atoms with Crippen LogP contribution in [0, 0.1) is 0 Å². The molecule has 0 aliphatic carbocycles. The summed E-state index contributed by atoms with van der Waals surface area (Å²) in [5, 5.41) is 12.5. The molecule has 0 bridgehead atoms. The Balaban J connectivity index is 1.80. The van der Waals surface area contributed by atoms with E-state index in [1.807, 2.05) is 19.1 Å². The van der Waals surface area contributed by atoms with Crippen LogP contribution in [0.15, 0.2) is 24.3 Å². The molecule has 0 radical (unpaired) electrons. The van der Waals surface area contributed by atoms with Gasteiger partial charge in [-0.1, -0.05) is 18.2 Å². The molecule has 16 heavy (non-hydrogen) atoms. The first-order chi connectivity index (χ1) is 7.77. The lowest BCUT2D eigenvalue weighted by molar-refractivity contribution is 0.183. The summed E-state index contributed by atoms with van der Waals surface area (Å²) in [6, 6.07) is 8.20. The zero-order valence-corrected chi connectivity index (χ0v) is 9.65. The van der Waals surface area contributed by atoms with Gasteiger partial charge in [0.1, 0.15) is 5.75 Å². The van der Waals surface area contributed by atoms with E-state index in [1.165, 1.54) is 5.56 Å². The minimum Gasteiger partial charge on any atom is -0.493 e. The Morgan fingerprint density at radius 3 is 3.12 bits per heavy atom. The molecule has 3 heteroatoms. The van der Waals surface area contributed by atoms with Crippen molar-refractivity contribution in [3.05, 3.63) is 29.8 Å². The van der Waals surface area contributed by atoms with Crippen molar-refractivity contribution in [1.82, 2.24) is 5.32 Å². The number of hydrogen-bond donors (Lipinski definition) is 2. The lowest BCUT2D eigenvalue weighted by atomic mass is 10.0. The third kappa shape index (κ3) is 2.74. The lowest BCUT2D eigenvalue weighted by Crippen LogP contribution is -2.25. The smallest absolute Gasteiger partial charge is 0.122 e. The summed E-state index contributed by atoms with van der Waals surface area (Å²) < 4.78 is 5.60. The van der Waals surface area contributed by atoms with Crippen LogP contribution < -0.4 is 10.1 Å². The minimum absolute atomic E-state index is 0.223. The van der Waals surface area contributed by atoms with Gasteiger partial charge in [0.2, 0.25) is 0 Å². The molecule has 1 aliphatic heterocycles. The van der Waals surface area contributed by atoms with Gasteiger partial charge in [-0.05, 0) is 26.0 Å². The van der Waals surface area contributed by atoms with Crippen LogP contribution in [0.4, 0.5) is 0 Å². The zero-order valence-electron chi connectivity index (χ0n) is 9.65. The highest BCUT2D eigenvalue weighted by Crippen LogP contribution is 2.32. The molecule has 1 aromatic rings. The first-order valence-electron chi connectivity index (χ1n) is 5.88. The largest absolute Gasteiger partial charge is 0.493 e.